The number of benzene rings is 2. The number of carbonyl (C=O) groups is 2. The minimum absolute atomic E-state index is 0.00181. The highest BCUT2D eigenvalue weighted by atomic mass is 35.5. The maximum atomic E-state index is 12.8. The highest BCUT2D eigenvalue weighted by molar-refractivity contribution is 6.39. The van der Waals surface area contributed by atoms with Gasteiger partial charge in [-0.05, 0) is 30.0 Å². The highest BCUT2D eigenvalue weighted by Crippen LogP contribution is 2.28. The second kappa shape index (κ2) is 11.0. The lowest BCUT2D eigenvalue weighted by Crippen LogP contribution is -2.47. The van der Waals surface area contributed by atoms with Gasteiger partial charge in [-0.1, -0.05) is 78.5 Å². The molecule has 2 aromatic rings. The first kappa shape index (κ1) is 22.8. The van der Waals surface area contributed by atoms with E-state index in [9.17, 15) is 14.7 Å². The van der Waals surface area contributed by atoms with Gasteiger partial charge < -0.3 is 15.3 Å². The van der Waals surface area contributed by atoms with Crippen molar-refractivity contribution in [2.75, 3.05) is 7.11 Å². The molecule has 2 N–H and O–H groups in total. The molecule has 0 aromatic heterocycles. The predicted octanol–water partition coefficient (Wildman–Crippen LogP) is 4.70. The summed E-state index contributed by atoms with van der Waals surface area (Å²) in [6, 6.07) is 14.0. The predicted molar refractivity (Wildman–Crippen MR) is 121 cm³/mol. The summed E-state index contributed by atoms with van der Waals surface area (Å²) in [5.74, 6) is -1.57. The fourth-order valence-corrected chi connectivity index (χ4v) is 4.20. The number of oxime groups is 1. The van der Waals surface area contributed by atoms with Crippen molar-refractivity contribution in [2.45, 2.75) is 44.6 Å². The molecule has 1 amide bonds. The number of aliphatic carboxylic acids is 1. The van der Waals surface area contributed by atoms with Gasteiger partial charge in [0.1, 0.15) is 18.9 Å². The normalized spacial score (nSPS) is 15.9. The summed E-state index contributed by atoms with van der Waals surface area (Å²) in [5.41, 5.74) is 2.93. The second-order valence-corrected chi connectivity index (χ2v) is 8.15. The Morgan fingerprint density at radius 1 is 1.13 bits per heavy atom. The molecule has 1 aliphatic carbocycles. The lowest BCUT2D eigenvalue weighted by molar-refractivity contribution is -0.141. The van der Waals surface area contributed by atoms with Gasteiger partial charge in [0.2, 0.25) is 0 Å². The Morgan fingerprint density at radius 2 is 1.81 bits per heavy atom. The molecule has 0 aliphatic heterocycles. The van der Waals surface area contributed by atoms with Crippen molar-refractivity contribution in [3.05, 3.63) is 59.1 Å². The molecule has 31 heavy (non-hydrogen) atoms. The molecule has 1 atom stereocenters. The van der Waals surface area contributed by atoms with Crippen LogP contribution in [0.4, 0.5) is 0 Å². The maximum Gasteiger partial charge on any atom is 0.326 e. The number of hydrogen-bond donors (Lipinski definition) is 2. The minimum Gasteiger partial charge on any atom is -0.480 e. The summed E-state index contributed by atoms with van der Waals surface area (Å²) >= 11 is 6.25. The molecule has 2 aromatic carbocycles. The zero-order valence-electron chi connectivity index (χ0n) is 17.5. The molecule has 0 unspecified atom stereocenters. The Hall–Kier alpha value is -2.86. The van der Waals surface area contributed by atoms with Crippen LogP contribution < -0.4 is 5.32 Å². The lowest BCUT2D eigenvalue weighted by Gasteiger charge is -2.23. The number of amides is 1. The van der Waals surface area contributed by atoms with Crippen molar-refractivity contribution in [1.82, 2.24) is 5.32 Å². The van der Waals surface area contributed by atoms with Crippen molar-refractivity contribution in [2.24, 2.45) is 11.1 Å². The SMILES string of the molecule is CON=C(C(=O)N[C@@H](Cc1ccc(-c2ccccc2Cl)cc1)C(=O)O)C1CCCCC1. The number of hydrogen-bond acceptors (Lipinski definition) is 4. The number of nitrogens with one attached hydrogen (secondary N) is 1. The number of rotatable bonds is 8. The average molecular weight is 443 g/mol. The van der Waals surface area contributed by atoms with E-state index in [1.807, 2.05) is 48.5 Å². The van der Waals surface area contributed by atoms with Crippen LogP contribution in [-0.2, 0) is 20.8 Å². The zero-order valence-corrected chi connectivity index (χ0v) is 18.3. The minimum atomic E-state index is -1.09. The summed E-state index contributed by atoms with van der Waals surface area (Å²) < 4.78 is 0. The summed E-state index contributed by atoms with van der Waals surface area (Å²) in [5, 5.41) is 16.9. The number of halogens is 1. The Morgan fingerprint density at radius 3 is 2.42 bits per heavy atom. The summed E-state index contributed by atoms with van der Waals surface area (Å²) in [7, 11) is 1.39. The van der Waals surface area contributed by atoms with Gasteiger partial charge in [0.05, 0.1) is 0 Å². The highest BCUT2D eigenvalue weighted by Gasteiger charge is 2.29. The number of carbonyl (C=O) groups excluding carboxylic acids is 1. The van der Waals surface area contributed by atoms with Crippen molar-refractivity contribution >= 4 is 29.2 Å². The van der Waals surface area contributed by atoms with Gasteiger partial charge in [0.15, 0.2) is 0 Å². The molecule has 6 nitrogen and oxygen atoms in total. The van der Waals surface area contributed by atoms with Crippen molar-refractivity contribution < 1.29 is 19.5 Å². The van der Waals surface area contributed by atoms with Gasteiger partial charge in [-0.25, -0.2) is 4.79 Å². The Labute approximate surface area is 187 Å². The van der Waals surface area contributed by atoms with E-state index in [0.29, 0.717) is 5.02 Å². The van der Waals surface area contributed by atoms with Crippen LogP contribution >= 0.6 is 11.6 Å². The van der Waals surface area contributed by atoms with E-state index in [1.165, 1.54) is 7.11 Å². The molecule has 1 aliphatic rings. The second-order valence-electron chi connectivity index (χ2n) is 7.74. The third-order valence-corrected chi connectivity index (χ3v) is 5.93. The molecular weight excluding hydrogens is 416 g/mol. The van der Waals surface area contributed by atoms with E-state index in [0.717, 1.165) is 48.8 Å². The fraction of sp³-hybridized carbons (Fsp3) is 0.375. The van der Waals surface area contributed by atoms with Gasteiger partial charge in [-0.3, -0.25) is 4.79 Å². The van der Waals surface area contributed by atoms with Crippen molar-refractivity contribution in [3.8, 4) is 11.1 Å². The number of carboxylic acids is 1. The first-order valence-corrected chi connectivity index (χ1v) is 10.9. The lowest BCUT2D eigenvalue weighted by atomic mass is 9.85. The topological polar surface area (TPSA) is 88.0 Å². The molecule has 0 heterocycles. The molecule has 0 spiro atoms. The third kappa shape index (κ3) is 6.07. The van der Waals surface area contributed by atoms with E-state index in [4.69, 9.17) is 16.4 Å². The van der Waals surface area contributed by atoms with Crippen LogP contribution in [0.5, 0.6) is 0 Å². The van der Waals surface area contributed by atoms with Crippen molar-refractivity contribution in [1.29, 1.82) is 0 Å². The maximum absolute atomic E-state index is 12.8. The van der Waals surface area contributed by atoms with Gasteiger partial charge in [-0.2, -0.15) is 0 Å². The van der Waals surface area contributed by atoms with E-state index >= 15 is 0 Å². The quantitative estimate of drug-likeness (QED) is 0.458. The number of nitrogens with zero attached hydrogens (tertiary/aromatic N) is 1. The number of carboxylic acid groups (broad SMARTS) is 1. The molecule has 0 radical (unpaired) electrons. The van der Waals surface area contributed by atoms with Crippen LogP contribution in [0.2, 0.25) is 5.02 Å². The van der Waals surface area contributed by atoms with E-state index in [-0.39, 0.29) is 18.1 Å². The summed E-state index contributed by atoms with van der Waals surface area (Å²) in [6.45, 7) is 0. The van der Waals surface area contributed by atoms with E-state index in [1.54, 1.807) is 0 Å². The van der Waals surface area contributed by atoms with Gasteiger partial charge in [-0.15, -0.1) is 0 Å². The molecule has 0 saturated heterocycles. The van der Waals surface area contributed by atoms with Crippen molar-refractivity contribution in [3.63, 3.8) is 0 Å². The Kier molecular flexibility index (Phi) is 8.06. The first-order valence-electron chi connectivity index (χ1n) is 10.5. The molecule has 3 rings (SSSR count). The fourth-order valence-electron chi connectivity index (χ4n) is 3.96. The van der Waals surface area contributed by atoms with Crippen LogP contribution in [0.1, 0.15) is 37.7 Å². The molecule has 1 fully saturated rings. The van der Waals surface area contributed by atoms with Crippen LogP contribution in [0.3, 0.4) is 0 Å². The summed E-state index contributed by atoms with van der Waals surface area (Å²) in [4.78, 5) is 29.5. The smallest absolute Gasteiger partial charge is 0.326 e. The first-order chi connectivity index (χ1) is 15.0. The average Bonchev–Trinajstić information content (AvgIpc) is 2.78. The molecular formula is C24H27ClN2O4. The van der Waals surface area contributed by atoms with E-state index < -0.39 is 17.9 Å². The van der Waals surface area contributed by atoms with Crippen LogP contribution in [0.25, 0.3) is 11.1 Å². The Balaban J connectivity index is 1.70. The van der Waals surface area contributed by atoms with Gasteiger partial charge in [0.25, 0.3) is 5.91 Å². The zero-order chi connectivity index (χ0) is 22.2. The van der Waals surface area contributed by atoms with E-state index in [2.05, 4.69) is 10.5 Å². The molecule has 0 bridgehead atoms. The monoisotopic (exact) mass is 442 g/mol. The van der Waals surface area contributed by atoms with Gasteiger partial charge >= 0.3 is 5.97 Å². The van der Waals surface area contributed by atoms with Crippen LogP contribution in [0, 0.1) is 5.92 Å². The molecule has 7 heteroatoms. The Bertz CT molecular complexity index is 937. The summed E-state index contributed by atoms with van der Waals surface area (Å²) in [6.07, 6.45) is 5.07. The largest absolute Gasteiger partial charge is 0.480 e. The van der Waals surface area contributed by atoms with Crippen LogP contribution in [-0.4, -0.2) is 35.8 Å². The van der Waals surface area contributed by atoms with Gasteiger partial charge in [0, 0.05) is 22.9 Å². The third-order valence-electron chi connectivity index (χ3n) is 5.60. The van der Waals surface area contributed by atoms with Crippen LogP contribution in [0.15, 0.2) is 53.7 Å². The standard InChI is InChI=1S/C24H27ClN2O4/c1-31-27-22(18-7-3-2-4-8-18)23(28)26-21(24(29)30)15-16-11-13-17(14-12-16)19-9-5-6-10-20(19)25/h5-6,9-14,18,21H,2-4,7-8,15H2,1H3,(H,26,28)(H,29,30)/t21-/m0/s1. The molecule has 1 saturated carbocycles. The molecule has 164 valence electrons.